The third kappa shape index (κ3) is 3.88. The molecule has 0 aliphatic carbocycles. The molecule has 0 spiro atoms. The molecule has 1 aromatic heterocycles. The number of aromatic nitrogens is 1. The fourth-order valence-corrected chi connectivity index (χ4v) is 3.98. The van der Waals surface area contributed by atoms with E-state index in [0.717, 1.165) is 74.6 Å². The van der Waals surface area contributed by atoms with E-state index in [-0.39, 0.29) is 5.91 Å². The van der Waals surface area contributed by atoms with Gasteiger partial charge < -0.3 is 14.6 Å². The molecule has 0 bridgehead atoms. The summed E-state index contributed by atoms with van der Waals surface area (Å²) in [4.78, 5) is 20.5. The van der Waals surface area contributed by atoms with Gasteiger partial charge in [-0.1, -0.05) is 6.07 Å². The summed E-state index contributed by atoms with van der Waals surface area (Å²) in [6.45, 7) is 6.82. The van der Waals surface area contributed by atoms with E-state index in [1.807, 2.05) is 35.4 Å². The van der Waals surface area contributed by atoms with Crippen molar-refractivity contribution in [1.29, 1.82) is 0 Å². The lowest BCUT2D eigenvalue weighted by atomic mass is 9.93. The summed E-state index contributed by atoms with van der Waals surface area (Å²) >= 11 is 0. The zero-order chi connectivity index (χ0) is 17.1. The van der Waals surface area contributed by atoms with Gasteiger partial charge in [0.25, 0.3) is 5.91 Å². The van der Waals surface area contributed by atoms with Crippen molar-refractivity contribution in [2.24, 2.45) is 5.92 Å². The Balaban J connectivity index is 1.28. The molecule has 0 radical (unpaired) electrons. The largest absolute Gasteiger partial charge is 0.379 e. The first-order valence-corrected chi connectivity index (χ1v) is 9.46. The standard InChI is InChI=1S/C20H27N3O2/c24-20(18-2-1-17-3-7-21-19(17)15-18)23-9-5-16(6-10-23)4-8-22-11-13-25-14-12-22/h1-3,7,15-16,21H,4-6,8-14H2. The molecule has 0 saturated carbocycles. The monoisotopic (exact) mass is 341 g/mol. The number of ether oxygens (including phenoxy) is 1. The molecule has 1 aromatic carbocycles. The Bertz CT molecular complexity index is 713. The maximum absolute atomic E-state index is 12.8. The average Bonchev–Trinajstić information content (AvgIpc) is 3.15. The van der Waals surface area contributed by atoms with Crippen LogP contribution < -0.4 is 0 Å². The van der Waals surface area contributed by atoms with Crippen LogP contribution in [0, 0.1) is 5.92 Å². The van der Waals surface area contributed by atoms with Crippen molar-refractivity contribution in [1.82, 2.24) is 14.8 Å². The van der Waals surface area contributed by atoms with E-state index in [1.54, 1.807) is 0 Å². The van der Waals surface area contributed by atoms with Crippen LogP contribution in [0.25, 0.3) is 10.9 Å². The van der Waals surface area contributed by atoms with E-state index in [1.165, 1.54) is 13.0 Å². The molecule has 3 heterocycles. The summed E-state index contributed by atoms with van der Waals surface area (Å²) in [7, 11) is 0. The normalized spacial score (nSPS) is 20.2. The summed E-state index contributed by atoms with van der Waals surface area (Å²) in [5.41, 5.74) is 1.83. The van der Waals surface area contributed by atoms with Crippen LogP contribution in [0.4, 0.5) is 0 Å². The molecule has 2 aliphatic rings. The van der Waals surface area contributed by atoms with Crippen molar-refractivity contribution in [2.45, 2.75) is 19.3 Å². The first kappa shape index (κ1) is 16.6. The molecule has 134 valence electrons. The summed E-state index contributed by atoms with van der Waals surface area (Å²) in [6.07, 6.45) is 5.41. The average molecular weight is 341 g/mol. The van der Waals surface area contributed by atoms with Crippen molar-refractivity contribution < 1.29 is 9.53 Å². The van der Waals surface area contributed by atoms with Gasteiger partial charge in [-0.25, -0.2) is 0 Å². The molecule has 2 saturated heterocycles. The minimum Gasteiger partial charge on any atom is -0.379 e. The van der Waals surface area contributed by atoms with E-state index in [4.69, 9.17) is 4.74 Å². The van der Waals surface area contributed by atoms with Crippen molar-refractivity contribution >= 4 is 16.8 Å². The number of likely N-dealkylation sites (tertiary alicyclic amines) is 1. The fraction of sp³-hybridized carbons (Fsp3) is 0.550. The van der Waals surface area contributed by atoms with Gasteiger partial charge in [-0.05, 0) is 55.3 Å². The zero-order valence-corrected chi connectivity index (χ0v) is 14.7. The van der Waals surface area contributed by atoms with Crippen LogP contribution in [0.5, 0.6) is 0 Å². The van der Waals surface area contributed by atoms with Gasteiger partial charge in [0.05, 0.1) is 13.2 Å². The predicted molar refractivity (Wildman–Crippen MR) is 98.8 cm³/mol. The predicted octanol–water partition coefficient (Wildman–Crippen LogP) is 2.74. The first-order valence-electron chi connectivity index (χ1n) is 9.46. The quantitative estimate of drug-likeness (QED) is 0.930. The Morgan fingerprint density at radius 1 is 1.12 bits per heavy atom. The van der Waals surface area contributed by atoms with Crippen LogP contribution in [0.2, 0.25) is 0 Å². The number of amides is 1. The lowest BCUT2D eigenvalue weighted by molar-refractivity contribution is 0.0332. The molecular formula is C20H27N3O2. The molecule has 4 rings (SSSR count). The molecular weight excluding hydrogens is 314 g/mol. The second kappa shape index (κ2) is 7.58. The third-order valence-corrected chi connectivity index (χ3v) is 5.66. The smallest absolute Gasteiger partial charge is 0.253 e. The number of nitrogens with one attached hydrogen (secondary N) is 1. The van der Waals surface area contributed by atoms with E-state index < -0.39 is 0 Å². The zero-order valence-electron chi connectivity index (χ0n) is 14.7. The van der Waals surface area contributed by atoms with Crippen molar-refractivity contribution in [3.8, 4) is 0 Å². The van der Waals surface area contributed by atoms with Gasteiger partial charge in [0.1, 0.15) is 0 Å². The maximum atomic E-state index is 12.8. The fourth-order valence-electron chi connectivity index (χ4n) is 3.98. The highest BCUT2D eigenvalue weighted by atomic mass is 16.5. The van der Waals surface area contributed by atoms with Crippen LogP contribution in [-0.2, 0) is 4.74 Å². The molecule has 2 aliphatic heterocycles. The van der Waals surface area contributed by atoms with Gasteiger partial charge in [0.2, 0.25) is 0 Å². The molecule has 1 N–H and O–H groups in total. The summed E-state index contributed by atoms with van der Waals surface area (Å²) in [6, 6.07) is 7.98. The van der Waals surface area contributed by atoms with Gasteiger partial charge in [0.15, 0.2) is 0 Å². The summed E-state index contributed by atoms with van der Waals surface area (Å²) in [5, 5.41) is 1.15. The van der Waals surface area contributed by atoms with Crippen molar-refractivity contribution in [3.05, 3.63) is 36.0 Å². The van der Waals surface area contributed by atoms with Gasteiger partial charge in [-0.2, -0.15) is 0 Å². The number of carbonyl (C=O) groups excluding carboxylic acids is 1. The minimum atomic E-state index is 0.170. The van der Waals surface area contributed by atoms with Gasteiger partial charge in [-0.3, -0.25) is 9.69 Å². The number of H-pyrrole nitrogens is 1. The number of fused-ring (bicyclic) bond motifs is 1. The number of nitrogens with zero attached hydrogens (tertiary/aromatic N) is 2. The number of carbonyl (C=O) groups is 1. The topological polar surface area (TPSA) is 48.6 Å². The summed E-state index contributed by atoms with van der Waals surface area (Å²) in [5.74, 6) is 0.918. The number of benzene rings is 1. The molecule has 2 fully saturated rings. The molecule has 0 unspecified atom stereocenters. The highest BCUT2D eigenvalue weighted by molar-refractivity contribution is 5.97. The lowest BCUT2D eigenvalue weighted by Crippen LogP contribution is -2.40. The number of hydrogen-bond acceptors (Lipinski definition) is 3. The van der Waals surface area contributed by atoms with Gasteiger partial charge in [-0.15, -0.1) is 0 Å². The SMILES string of the molecule is O=C(c1ccc2cc[nH]c2c1)N1CCC(CCN2CCOCC2)CC1. The van der Waals surface area contributed by atoms with Crippen LogP contribution in [0.3, 0.4) is 0 Å². The number of rotatable bonds is 4. The Morgan fingerprint density at radius 2 is 1.92 bits per heavy atom. The van der Waals surface area contributed by atoms with Crippen LogP contribution >= 0.6 is 0 Å². The number of morpholine rings is 1. The van der Waals surface area contributed by atoms with E-state index in [0.29, 0.717) is 0 Å². The van der Waals surface area contributed by atoms with Crippen LogP contribution in [0.15, 0.2) is 30.5 Å². The Hall–Kier alpha value is -1.85. The van der Waals surface area contributed by atoms with Crippen LogP contribution in [-0.4, -0.2) is 66.6 Å². The third-order valence-electron chi connectivity index (χ3n) is 5.66. The van der Waals surface area contributed by atoms with E-state index in [9.17, 15) is 4.79 Å². The molecule has 1 amide bonds. The molecule has 5 heteroatoms. The molecule has 2 aromatic rings. The lowest BCUT2D eigenvalue weighted by Gasteiger charge is -2.34. The maximum Gasteiger partial charge on any atom is 0.253 e. The van der Waals surface area contributed by atoms with Crippen molar-refractivity contribution in [3.63, 3.8) is 0 Å². The highest BCUT2D eigenvalue weighted by Gasteiger charge is 2.24. The Morgan fingerprint density at radius 3 is 2.72 bits per heavy atom. The highest BCUT2D eigenvalue weighted by Crippen LogP contribution is 2.23. The number of hydrogen-bond donors (Lipinski definition) is 1. The second-order valence-corrected chi connectivity index (χ2v) is 7.26. The number of piperidine rings is 1. The Labute approximate surface area is 148 Å². The number of aromatic amines is 1. The van der Waals surface area contributed by atoms with E-state index in [2.05, 4.69) is 9.88 Å². The molecule has 0 atom stereocenters. The molecule has 25 heavy (non-hydrogen) atoms. The second-order valence-electron chi connectivity index (χ2n) is 7.26. The Kier molecular flexibility index (Phi) is 5.04. The van der Waals surface area contributed by atoms with Gasteiger partial charge in [0, 0.05) is 43.5 Å². The summed E-state index contributed by atoms with van der Waals surface area (Å²) < 4.78 is 5.41. The van der Waals surface area contributed by atoms with E-state index >= 15 is 0 Å². The van der Waals surface area contributed by atoms with Gasteiger partial charge >= 0.3 is 0 Å². The van der Waals surface area contributed by atoms with Crippen molar-refractivity contribution in [2.75, 3.05) is 45.9 Å². The molecule has 5 nitrogen and oxygen atoms in total. The van der Waals surface area contributed by atoms with Crippen LogP contribution in [0.1, 0.15) is 29.6 Å². The minimum absolute atomic E-state index is 0.170. The first-order chi connectivity index (χ1) is 12.3.